The highest BCUT2D eigenvalue weighted by molar-refractivity contribution is 7.11. The van der Waals surface area contributed by atoms with E-state index in [0.29, 0.717) is 12.8 Å². The molecule has 1 fully saturated rings. The molecule has 1 heterocycles. The summed E-state index contributed by atoms with van der Waals surface area (Å²) in [6.07, 6.45) is 1.72. The molecule has 0 radical (unpaired) electrons. The molecule has 21 heavy (non-hydrogen) atoms. The van der Waals surface area contributed by atoms with Crippen molar-refractivity contribution in [3.05, 3.63) is 15.6 Å². The van der Waals surface area contributed by atoms with E-state index in [1.165, 1.54) is 11.3 Å². The largest absolute Gasteiger partial charge is 0.383 e. The van der Waals surface area contributed by atoms with Crippen LogP contribution in [0.25, 0.3) is 0 Å². The van der Waals surface area contributed by atoms with Crippen molar-refractivity contribution in [2.45, 2.75) is 57.5 Å². The Balaban J connectivity index is 1.86. The fraction of sp³-hybridized carbons (Fsp3) is 0.714. The van der Waals surface area contributed by atoms with E-state index in [-0.39, 0.29) is 19.4 Å². The molecule has 2 N–H and O–H groups in total. The average Bonchev–Trinajstić information content (AvgIpc) is 2.75. The molecule has 1 amide bonds. The van der Waals surface area contributed by atoms with Crippen LogP contribution in [0.15, 0.2) is 0 Å². The van der Waals surface area contributed by atoms with E-state index in [1.54, 1.807) is 0 Å². The highest BCUT2D eigenvalue weighted by Gasteiger charge is 2.60. The van der Waals surface area contributed by atoms with Crippen molar-refractivity contribution < 1.29 is 18.7 Å². The molecule has 118 valence electrons. The lowest BCUT2D eigenvalue weighted by molar-refractivity contribution is -0.215. The minimum atomic E-state index is -3.72. The SMILES string of the molecule is CCc1nc(CCNC(=O)C(F)(F)C2(O)CCC2)sc1C. The van der Waals surface area contributed by atoms with E-state index in [4.69, 9.17) is 0 Å². The van der Waals surface area contributed by atoms with E-state index >= 15 is 0 Å². The van der Waals surface area contributed by atoms with Crippen LogP contribution < -0.4 is 5.32 Å². The first-order valence-corrected chi connectivity index (χ1v) is 7.95. The maximum Gasteiger partial charge on any atom is 0.352 e. The number of hydrogen-bond acceptors (Lipinski definition) is 4. The van der Waals surface area contributed by atoms with E-state index in [9.17, 15) is 18.7 Å². The van der Waals surface area contributed by atoms with Crippen molar-refractivity contribution >= 4 is 17.2 Å². The van der Waals surface area contributed by atoms with Crippen LogP contribution in [0.5, 0.6) is 0 Å². The number of carbonyl (C=O) groups excluding carboxylic acids is 1. The zero-order valence-corrected chi connectivity index (χ0v) is 13.0. The molecule has 4 nitrogen and oxygen atoms in total. The van der Waals surface area contributed by atoms with Gasteiger partial charge in [0.2, 0.25) is 0 Å². The van der Waals surface area contributed by atoms with Gasteiger partial charge < -0.3 is 10.4 Å². The van der Waals surface area contributed by atoms with Crippen molar-refractivity contribution in [3.8, 4) is 0 Å². The summed E-state index contributed by atoms with van der Waals surface area (Å²) in [4.78, 5) is 17.1. The number of aromatic nitrogens is 1. The molecular formula is C14H20F2N2O2S. The Hall–Kier alpha value is -1.08. The Morgan fingerprint density at radius 2 is 2.19 bits per heavy atom. The van der Waals surface area contributed by atoms with Gasteiger partial charge in [0.15, 0.2) is 0 Å². The Kier molecular flexibility index (Phi) is 4.63. The van der Waals surface area contributed by atoms with Gasteiger partial charge in [-0.15, -0.1) is 11.3 Å². The number of carbonyl (C=O) groups is 1. The molecule has 0 saturated heterocycles. The molecule has 1 saturated carbocycles. The van der Waals surface area contributed by atoms with E-state index < -0.39 is 17.4 Å². The van der Waals surface area contributed by atoms with Crippen LogP contribution in [0.2, 0.25) is 0 Å². The summed E-state index contributed by atoms with van der Waals surface area (Å²) in [7, 11) is 0. The topological polar surface area (TPSA) is 62.2 Å². The first kappa shape index (κ1) is 16.3. The molecule has 2 rings (SSSR count). The number of aryl methyl sites for hydroxylation is 2. The number of nitrogens with one attached hydrogen (secondary N) is 1. The first-order valence-electron chi connectivity index (χ1n) is 7.14. The van der Waals surface area contributed by atoms with Gasteiger partial charge in [0.1, 0.15) is 5.60 Å². The van der Waals surface area contributed by atoms with Crippen LogP contribution in [-0.4, -0.2) is 34.1 Å². The number of hydrogen-bond donors (Lipinski definition) is 2. The molecule has 0 unspecified atom stereocenters. The summed E-state index contributed by atoms with van der Waals surface area (Å²) in [5, 5.41) is 12.7. The smallest absolute Gasteiger partial charge is 0.352 e. The number of amides is 1. The number of halogens is 2. The second kappa shape index (κ2) is 5.96. The highest BCUT2D eigenvalue weighted by Crippen LogP contribution is 2.44. The lowest BCUT2D eigenvalue weighted by Crippen LogP contribution is -2.60. The molecule has 0 aliphatic heterocycles. The molecule has 1 aliphatic carbocycles. The minimum absolute atomic E-state index is 0.0288. The molecule has 0 spiro atoms. The zero-order chi connectivity index (χ0) is 15.7. The third-order valence-corrected chi connectivity index (χ3v) is 5.02. The number of alkyl halides is 2. The fourth-order valence-electron chi connectivity index (χ4n) is 2.35. The normalized spacial score (nSPS) is 17.4. The van der Waals surface area contributed by atoms with Gasteiger partial charge in [-0.2, -0.15) is 8.78 Å². The molecule has 1 aromatic heterocycles. The molecule has 1 aromatic rings. The second-order valence-corrected chi connectivity index (χ2v) is 6.72. The summed E-state index contributed by atoms with van der Waals surface area (Å²) >= 11 is 1.52. The molecule has 0 atom stereocenters. The van der Waals surface area contributed by atoms with Crippen LogP contribution in [0, 0.1) is 6.92 Å². The third kappa shape index (κ3) is 3.08. The summed E-state index contributed by atoms with van der Waals surface area (Å²) < 4.78 is 27.6. The van der Waals surface area contributed by atoms with Gasteiger partial charge >= 0.3 is 5.92 Å². The van der Waals surface area contributed by atoms with Crippen LogP contribution in [0.1, 0.15) is 41.8 Å². The quantitative estimate of drug-likeness (QED) is 0.845. The molecular weight excluding hydrogens is 298 g/mol. The number of nitrogens with zero attached hydrogens (tertiary/aromatic N) is 1. The summed E-state index contributed by atoms with van der Waals surface area (Å²) in [6.45, 7) is 4.08. The minimum Gasteiger partial charge on any atom is -0.383 e. The molecule has 0 aromatic carbocycles. The third-order valence-electron chi connectivity index (χ3n) is 3.95. The van der Waals surface area contributed by atoms with Gasteiger partial charge in [0.25, 0.3) is 5.91 Å². The summed E-state index contributed by atoms with van der Waals surface area (Å²) in [6, 6.07) is 0. The van der Waals surface area contributed by atoms with Gasteiger partial charge in [0.05, 0.1) is 10.7 Å². The van der Waals surface area contributed by atoms with Crippen LogP contribution in [-0.2, 0) is 17.6 Å². The maximum atomic E-state index is 13.8. The second-order valence-electron chi connectivity index (χ2n) is 5.43. The molecule has 1 aliphatic rings. The van der Waals surface area contributed by atoms with Crippen LogP contribution >= 0.6 is 11.3 Å². The van der Waals surface area contributed by atoms with Crippen molar-refractivity contribution in [3.63, 3.8) is 0 Å². The number of thiazole rings is 1. The predicted octanol–water partition coefficient (Wildman–Crippen LogP) is 2.22. The maximum absolute atomic E-state index is 13.8. The standard InChI is InChI=1S/C14H20F2N2O2S/c1-3-10-9(2)21-11(18-10)5-8-17-12(19)14(15,16)13(20)6-4-7-13/h20H,3-8H2,1-2H3,(H,17,19). The first-order chi connectivity index (χ1) is 9.80. The van der Waals surface area contributed by atoms with E-state index in [1.807, 2.05) is 13.8 Å². The van der Waals surface area contributed by atoms with E-state index in [2.05, 4.69) is 10.3 Å². The lowest BCUT2D eigenvalue weighted by atomic mass is 9.75. The Morgan fingerprint density at radius 3 is 2.67 bits per heavy atom. The molecule has 7 heteroatoms. The van der Waals surface area contributed by atoms with Gasteiger partial charge in [-0.1, -0.05) is 6.92 Å². The average molecular weight is 318 g/mol. The zero-order valence-electron chi connectivity index (χ0n) is 12.2. The number of rotatable bonds is 6. The van der Waals surface area contributed by atoms with Crippen molar-refractivity contribution in [1.82, 2.24) is 10.3 Å². The van der Waals surface area contributed by atoms with E-state index in [0.717, 1.165) is 22.0 Å². The predicted molar refractivity (Wildman–Crippen MR) is 76.7 cm³/mol. The van der Waals surface area contributed by atoms with Gasteiger partial charge in [-0.25, -0.2) is 4.98 Å². The lowest BCUT2D eigenvalue weighted by Gasteiger charge is -2.41. The summed E-state index contributed by atoms with van der Waals surface area (Å²) in [5.41, 5.74) is -1.15. The highest BCUT2D eigenvalue weighted by atomic mass is 32.1. The Labute approximate surface area is 126 Å². The summed E-state index contributed by atoms with van der Waals surface area (Å²) in [5.74, 6) is -5.12. The molecule has 0 bridgehead atoms. The van der Waals surface area contributed by atoms with Crippen molar-refractivity contribution in [1.29, 1.82) is 0 Å². The van der Waals surface area contributed by atoms with Gasteiger partial charge in [0, 0.05) is 17.8 Å². The van der Waals surface area contributed by atoms with Crippen molar-refractivity contribution in [2.75, 3.05) is 6.54 Å². The van der Waals surface area contributed by atoms with Crippen LogP contribution in [0.3, 0.4) is 0 Å². The van der Waals surface area contributed by atoms with Gasteiger partial charge in [-0.05, 0) is 32.6 Å². The Morgan fingerprint density at radius 1 is 1.52 bits per heavy atom. The van der Waals surface area contributed by atoms with Gasteiger partial charge in [-0.3, -0.25) is 4.79 Å². The number of aliphatic hydroxyl groups is 1. The van der Waals surface area contributed by atoms with Crippen LogP contribution in [0.4, 0.5) is 8.78 Å². The van der Waals surface area contributed by atoms with Crippen molar-refractivity contribution in [2.24, 2.45) is 0 Å². The monoisotopic (exact) mass is 318 g/mol. The fourth-order valence-corrected chi connectivity index (χ4v) is 3.37. The Bertz CT molecular complexity index is 527.